The van der Waals surface area contributed by atoms with Gasteiger partial charge in [-0.05, 0) is 18.1 Å². The van der Waals surface area contributed by atoms with Crippen LogP contribution in [0.5, 0.6) is 0 Å². The first-order chi connectivity index (χ1) is 7.95. The summed E-state index contributed by atoms with van der Waals surface area (Å²) < 4.78 is 27.4. The van der Waals surface area contributed by atoms with Crippen LogP contribution < -0.4 is 5.32 Å². The SMILES string of the molecule is COC(=O)NCCc1ccccc1S(C)(=O)=O. The van der Waals surface area contributed by atoms with E-state index in [9.17, 15) is 13.2 Å². The molecule has 6 heteroatoms. The van der Waals surface area contributed by atoms with Gasteiger partial charge in [-0.1, -0.05) is 18.2 Å². The van der Waals surface area contributed by atoms with Crippen molar-refractivity contribution in [2.24, 2.45) is 0 Å². The Morgan fingerprint density at radius 3 is 2.59 bits per heavy atom. The van der Waals surface area contributed by atoms with Crippen molar-refractivity contribution in [3.63, 3.8) is 0 Å². The van der Waals surface area contributed by atoms with Crippen LogP contribution in [0.15, 0.2) is 29.2 Å². The largest absolute Gasteiger partial charge is 0.453 e. The quantitative estimate of drug-likeness (QED) is 0.873. The minimum atomic E-state index is -3.23. The monoisotopic (exact) mass is 257 g/mol. The van der Waals surface area contributed by atoms with Gasteiger partial charge in [0.05, 0.1) is 12.0 Å². The third-order valence-electron chi connectivity index (χ3n) is 2.22. The normalized spacial score (nSPS) is 10.9. The Morgan fingerprint density at radius 2 is 2.00 bits per heavy atom. The maximum atomic E-state index is 11.5. The Kier molecular flexibility index (Phi) is 4.51. The third kappa shape index (κ3) is 4.07. The molecule has 0 bridgehead atoms. The number of sulfone groups is 1. The first-order valence-electron chi connectivity index (χ1n) is 5.05. The molecule has 0 saturated carbocycles. The molecule has 94 valence electrons. The molecule has 1 aromatic rings. The smallest absolute Gasteiger partial charge is 0.406 e. The summed E-state index contributed by atoms with van der Waals surface area (Å²) in [6.07, 6.45) is 1.08. The minimum Gasteiger partial charge on any atom is -0.453 e. The van der Waals surface area contributed by atoms with Gasteiger partial charge in [-0.15, -0.1) is 0 Å². The van der Waals surface area contributed by atoms with Crippen molar-refractivity contribution in [2.45, 2.75) is 11.3 Å². The van der Waals surface area contributed by atoms with Crippen LogP contribution in [-0.4, -0.2) is 34.4 Å². The number of ether oxygens (including phenoxy) is 1. The average molecular weight is 257 g/mol. The molecule has 0 atom stereocenters. The number of methoxy groups -OCH3 is 1. The number of carbonyl (C=O) groups is 1. The Bertz CT molecular complexity index is 496. The van der Waals surface area contributed by atoms with Gasteiger partial charge in [-0.3, -0.25) is 0 Å². The molecule has 0 spiro atoms. The first kappa shape index (κ1) is 13.5. The number of alkyl carbamates (subject to hydrolysis) is 1. The van der Waals surface area contributed by atoms with Gasteiger partial charge in [0.25, 0.3) is 0 Å². The van der Waals surface area contributed by atoms with E-state index in [0.29, 0.717) is 23.4 Å². The second kappa shape index (κ2) is 5.67. The van der Waals surface area contributed by atoms with E-state index in [-0.39, 0.29) is 0 Å². The van der Waals surface area contributed by atoms with Gasteiger partial charge in [0, 0.05) is 12.8 Å². The molecule has 1 amide bonds. The van der Waals surface area contributed by atoms with Crippen molar-refractivity contribution in [3.8, 4) is 0 Å². The van der Waals surface area contributed by atoms with Crippen LogP contribution in [0.1, 0.15) is 5.56 Å². The summed E-state index contributed by atoms with van der Waals surface area (Å²) in [4.78, 5) is 11.1. The van der Waals surface area contributed by atoms with Crippen LogP contribution in [-0.2, 0) is 21.0 Å². The zero-order chi connectivity index (χ0) is 12.9. The molecule has 1 rings (SSSR count). The minimum absolute atomic E-state index is 0.298. The van der Waals surface area contributed by atoms with Crippen LogP contribution in [0.3, 0.4) is 0 Å². The molecule has 0 aliphatic rings. The zero-order valence-corrected chi connectivity index (χ0v) is 10.6. The Hall–Kier alpha value is -1.56. The van der Waals surface area contributed by atoms with Gasteiger partial charge < -0.3 is 10.1 Å². The maximum Gasteiger partial charge on any atom is 0.406 e. The number of amides is 1. The van der Waals surface area contributed by atoms with E-state index in [0.717, 1.165) is 0 Å². The third-order valence-corrected chi connectivity index (χ3v) is 3.42. The summed E-state index contributed by atoms with van der Waals surface area (Å²) in [7, 11) is -1.96. The number of rotatable bonds is 4. The summed E-state index contributed by atoms with van der Waals surface area (Å²) in [5, 5.41) is 2.50. The second-order valence-electron chi connectivity index (χ2n) is 3.55. The van der Waals surface area contributed by atoms with E-state index >= 15 is 0 Å². The van der Waals surface area contributed by atoms with Gasteiger partial charge in [0.2, 0.25) is 0 Å². The van der Waals surface area contributed by atoms with Gasteiger partial charge in [0.1, 0.15) is 0 Å². The number of nitrogens with one attached hydrogen (secondary N) is 1. The average Bonchev–Trinajstić information content (AvgIpc) is 2.28. The van der Waals surface area contributed by atoms with Crippen molar-refractivity contribution in [1.29, 1.82) is 0 Å². The molecule has 0 saturated heterocycles. The predicted molar refractivity (Wildman–Crippen MR) is 63.7 cm³/mol. The summed E-state index contributed by atoms with van der Waals surface area (Å²) in [5.41, 5.74) is 0.686. The highest BCUT2D eigenvalue weighted by Crippen LogP contribution is 2.15. The molecule has 1 N–H and O–H groups in total. The highest BCUT2D eigenvalue weighted by molar-refractivity contribution is 7.90. The highest BCUT2D eigenvalue weighted by Gasteiger charge is 2.12. The van der Waals surface area contributed by atoms with E-state index < -0.39 is 15.9 Å². The molecule has 0 unspecified atom stereocenters. The number of hydrogen-bond donors (Lipinski definition) is 1. The molecule has 0 radical (unpaired) electrons. The maximum absolute atomic E-state index is 11.5. The molecule has 1 aromatic carbocycles. The standard InChI is InChI=1S/C11H15NO4S/c1-16-11(13)12-8-7-9-5-3-4-6-10(9)17(2,14)15/h3-6H,7-8H2,1-2H3,(H,12,13). The number of benzene rings is 1. The van der Waals surface area contributed by atoms with Crippen LogP contribution in [0.4, 0.5) is 4.79 Å². The lowest BCUT2D eigenvalue weighted by molar-refractivity contribution is 0.171. The van der Waals surface area contributed by atoms with Crippen LogP contribution in [0.2, 0.25) is 0 Å². The van der Waals surface area contributed by atoms with Crippen molar-refractivity contribution in [2.75, 3.05) is 19.9 Å². The van der Waals surface area contributed by atoms with E-state index in [1.807, 2.05) is 0 Å². The zero-order valence-electron chi connectivity index (χ0n) is 9.76. The lowest BCUT2D eigenvalue weighted by Gasteiger charge is -2.08. The van der Waals surface area contributed by atoms with Crippen LogP contribution in [0.25, 0.3) is 0 Å². The Labute approximate surface area is 101 Å². The van der Waals surface area contributed by atoms with Crippen LogP contribution >= 0.6 is 0 Å². The Balaban J connectivity index is 2.75. The topological polar surface area (TPSA) is 72.5 Å². The summed E-state index contributed by atoms with van der Waals surface area (Å²) in [5.74, 6) is 0. The summed E-state index contributed by atoms with van der Waals surface area (Å²) >= 11 is 0. The molecule has 0 heterocycles. The summed E-state index contributed by atoms with van der Waals surface area (Å²) in [6.45, 7) is 0.333. The molecule has 5 nitrogen and oxygen atoms in total. The fourth-order valence-corrected chi connectivity index (χ4v) is 2.42. The fourth-order valence-electron chi connectivity index (χ4n) is 1.44. The molecular weight excluding hydrogens is 242 g/mol. The van der Waals surface area contributed by atoms with Gasteiger partial charge >= 0.3 is 6.09 Å². The van der Waals surface area contributed by atoms with Crippen molar-refractivity contribution < 1.29 is 17.9 Å². The molecule has 0 aromatic heterocycles. The molecule has 0 aliphatic carbocycles. The van der Waals surface area contributed by atoms with Crippen molar-refractivity contribution >= 4 is 15.9 Å². The van der Waals surface area contributed by atoms with Crippen molar-refractivity contribution in [1.82, 2.24) is 5.32 Å². The van der Waals surface area contributed by atoms with Gasteiger partial charge in [-0.2, -0.15) is 0 Å². The lowest BCUT2D eigenvalue weighted by atomic mass is 10.1. The molecular formula is C11H15NO4S. The van der Waals surface area contributed by atoms with Crippen molar-refractivity contribution in [3.05, 3.63) is 29.8 Å². The predicted octanol–water partition coefficient (Wildman–Crippen LogP) is 0.989. The van der Waals surface area contributed by atoms with Gasteiger partial charge in [-0.25, -0.2) is 13.2 Å². The molecule has 0 aliphatic heterocycles. The highest BCUT2D eigenvalue weighted by atomic mass is 32.2. The molecule has 0 fully saturated rings. The van der Waals surface area contributed by atoms with E-state index in [2.05, 4.69) is 10.1 Å². The fraction of sp³-hybridized carbons (Fsp3) is 0.364. The van der Waals surface area contributed by atoms with E-state index in [4.69, 9.17) is 0 Å². The Morgan fingerprint density at radius 1 is 1.35 bits per heavy atom. The van der Waals surface area contributed by atoms with Gasteiger partial charge in [0.15, 0.2) is 9.84 Å². The lowest BCUT2D eigenvalue weighted by Crippen LogP contribution is -2.25. The van der Waals surface area contributed by atoms with Crippen LogP contribution in [0, 0.1) is 0 Å². The molecule has 17 heavy (non-hydrogen) atoms. The van der Waals surface area contributed by atoms with E-state index in [1.165, 1.54) is 13.4 Å². The number of carbonyl (C=O) groups excluding carboxylic acids is 1. The van der Waals surface area contributed by atoms with E-state index in [1.54, 1.807) is 24.3 Å². The second-order valence-corrected chi connectivity index (χ2v) is 5.53. The first-order valence-corrected chi connectivity index (χ1v) is 6.94. The number of hydrogen-bond acceptors (Lipinski definition) is 4. The summed E-state index contributed by atoms with van der Waals surface area (Å²) in [6, 6.07) is 6.73.